The van der Waals surface area contributed by atoms with Gasteiger partial charge < -0.3 is 4.48 Å². The van der Waals surface area contributed by atoms with E-state index in [4.69, 9.17) is 0 Å². The third kappa shape index (κ3) is 2.84. The minimum atomic E-state index is -0.438. The third-order valence-electron chi connectivity index (χ3n) is 2.18. The monoisotopic (exact) mass is 160 g/mol. The summed E-state index contributed by atoms with van der Waals surface area (Å²) in [6.07, 6.45) is 1.34. The molecule has 0 heterocycles. The first-order valence-corrected chi connectivity index (χ1v) is 7.18. The SMILES string of the molecule is CCC([SiH](C)C)[N+](C)(C)C. The Morgan fingerprint density at radius 2 is 1.60 bits per heavy atom. The number of nitrogens with zero attached hydrogens (tertiary/aromatic N) is 1. The molecule has 10 heavy (non-hydrogen) atoms. The fourth-order valence-electron chi connectivity index (χ4n) is 1.91. The van der Waals surface area contributed by atoms with Crippen LogP contribution in [0.4, 0.5) is 0 Å². The molecular formula is C8H22NSi+. The first-order chi connectivity index (χ1) is 4.39. The van der Waals surface area contributed by atoms with Crippen LogP contribution in [-0.2, 0) is 0 Å². The second kappa shape index (κ2) is 3.53. The van der Waals surface area contributed by atoms with Crippen molar-refractivity contribution in [3.05, 3.63) is 0 Å². The van der Waals surface area contributed by atoms with Crippen LogP contribution in [0.3, 0.4) is 0 Å². The van der Waals surface area contributed by atoms with Crippen molar-refractivity contribution in [3.63, 3.8) is 0 Å². The van der Waals surface area contributed by atoms with E-state index in [2.05, 4.69) is 41.2 Å². The molecule has 0 fully saturated rings. The van der Waals surface area contributed by atoms with Gasteiger partial charge in [-0.1, -0.05) is 20.0 Å². The highest BCUT2D eigenvalue weighted by atomic mass is 28.3. The molecule has 0 aliphatic heterocycles. The number of hydrogen-bond donors (Lipinski definition) is 0. The Kier molecular flexibility index (Phi) is 3.60. The van der Waals surface area contributed by atoms with Gasteiger partial charge in [0, 0.05) is 0 Å². The second-order valence-electron chi connectivity index (χ2n) is 4.34. The van der Waals surface area contributed by atoms with Crippen LogP contribution in [0.25, 0.3) is 0 Å². The van der Waals surface area contributed by atoms with Crippen LogP contribution in [0.2, 0.25) is 13.1 Å². The van der Waals surface area contributed by atoms with Gasteiger partial charge in [0.05, 0.1) is 26.8 Å². The van der Waals surface area contributed by atoms with E-state index in [9.17, 15) is 0 Å². The Balaban J connectivity index is 4.07. The topological polar surface area (TPSA) is 0 Å². The lowest BCUT2D eigenvalue weighted by Crippen LogP contribution is -2.51. The molecular weight excluding hydrogens is 138 g/mol. The van der Waals surface area contributed by atoms with Crippen LogP contribution in [0.1, 0.15) is 13.3 Å². The minimum Gasteiger partial charge on any atom is -0.332 e. The van der Waals surface area contributed by atoms with E-state index >= 15 is 0 Å². The first kappa shape index (κ1) is 10.2. The molecule has 0 aromatic carbocycles. The molecule has 1 unspecified atom stereocenters. The molecule has 0 saturated heterocycles. The lowest BCUT2D eigenvalue weighted by atomic mass is 10.4. The smallest absolute Gasteiger partial charge is 0.102 e. The quantitative estimate of drug-likeness (QED) is 0.433. The molecule has 62 valence electrons. The zero-order valence-electron chi connectivity index (χ0n) is 8.31. The first-order valence-electron chi connectivity index (χ1n) is 4.20. The van der Waals surface area contributed by atoms with E-state index in [1.807, 2.05) is 0 Å². The summed E-state index contributed by atoms with van der Waals surface area (Å²) in [6, 6.07) is 0. The summed E-state index contributed by atoms with van der Waals surface area (Å²) in [6.45, 7) is 7.19. The van der Waals surface area contributed by atoms with Crippen LogP contribution >= 0.6 is 0 Å². The van der Waals surface area contributed by atoms with Gasteiger partial charge in [-0.3, -0.25) is 0 Å². The fraction of sp³-hybridized carbons (Fsp3) is 1.00. The van der Waals surface area contributed by atoms with Gasteiger partial charge in [-0.2, -0.15) is 0 Å². The van der Waals surface area contributed by atoms with Gasteiger partial charge in [0.25, 0.3) is 0 Å². The predicted molar refractivity (Wildman–Crippen MR) is 51.0 cm³/mol. The summed E-state index contributed by atoms with van der Waals surface area (Å²) in [5.41, 5.74) is 0.944. The molecule has 0 saturated carbocycles. The molecule has 0 aliphatic carbocycles. The molecule has 1 nitrogen and oxygen atoms in total. The number of hydrogen-bond acceptors (Lipinski definition) is 0. The molecule has 0 radical (unpaired) electrons. The molecule has 0 spiro atoms. The molecule has 0 rings (SSSR count). The van der Waals surface area contributed by atoms with Gasteiger partial charge in [0.15, 0.2) is 0 Å². The van der Waals surface area contributed by atoms with Gasteiger partial charge in [0.1, 0.15) is 8.80 Å². The van der Waals surface area contributed by atoms with Crippen LogP contribution in [-0.4, -0.2) is 40.1 Å². The van der Waals surface area contributed by atoms with Gasteiger partial charge in [0.2, 0.25) is 0 Å². The van der Waals surface area contributed by atoms with Gasteiger partial charge >= 0.3 is 0 Å². The zero-order valence-corrected chi connectivity index (χ0v) is 9.46. The predicted octanol–water partition coefficient (Wildman–Crippen LogP) is 1.50. The number of rotatable bonds is 3. The molecule has 0 bridgehead atoms. The van der Waals surface area contributed by atoms with Crippen molar-refractivity contribution >= 4 is 8.80 Å². The summed E-state index contributed by atoms with van der Waals surface area (Å²) >= 11 is 0. The lowest BCUT2D eigenvalue weighted by Gasteiger charge is -2.35. The average molecular weight is 160 g/mol. The van der Waals surface area contributed by atoms with E-state index in [0.29, 0.717) is 0 Å². The van der Waals surface area contributed by atoms with Crippen molar-refractivity contribution in [1.29, 1.82) is 0 Å². The van der Waals surface area contributed by atoms with Crippen molar-refractivity contribution < 1.29 is 4.48 Å². The Hall–Kier alpha value is 0.177. The minimum absolute atomic E-state index is 0.438. The zero-order chi connectivity index (χ0) is 8.36. The largest absolute Gasteiger partial charge is 0.332 e. The highest BCUT2D eigenvalue weighted by Gasteiger charge is 2.25. The normalized spacial score (nSPS) is 15.9. The van der Waals surface area contributed by atoms with E-state index in [-0.39, 0.29) is 0 Å². The highest BCUT2D eigenvalue weighted by molar-refractivity contribution is 6.57. The third-order valence-corrected chi connectivity index (χ3v) is 5.09. The molecule has 0 aromatic rings. The van der Waals surface area contributed by atoms with Crippen molar-refractivity contribution in [2.75, 3.05) is 21.1 Å². The number of quaternary nitrogens is 1. The molecule has 0 amide bonds. The Bertz CT molecular complexity index is 93.9. The van der Waals surface area contributed by atoms with Crippen molar-refractivity contribution in [2.45, 2.75) is 32.1 Å². The summed E-state index contributed by atoms with van der Waals surface area (Å²) in [5.74, 6) is 0. The van der Waals surface area contributed by atoms with Gasteiger partial charge in [-0.15, -0.1) is 0 Å². The van der Waals surface area contributed by atoms with Crippen molar-refractivity contribution in [2.24, 2.45) is 0 Å². The summed E-state index contributed by atoms with van der Waals surface area (Å²) in [7, 11) is 6.48. The molecule has 0 N–H and O–H groups in total. The van der Waals surface area contributed by atoms with Crippen molar-refractivity contribution in [1.82, 2.24) is 0 Å². The fourth-order valence-corrected chi connectivity index (χ4v) is 4.65. The average Bonchev–Trinajstić information content (AvgIpc) is 1.60. The Morgan fingerprint density at radius 3 is 1.60 bits per heavy atom. The van der Waals surface area contributed by atoms with Crippen LogP contribution in [0, 0.1) is 0 Å². The summed E-state index contributed by atoms with van der Waals surface area (Å²) in [5, 5.41) is 0. The van der Waals surface area contributed by atoms with E-state index in [1.165, 1.54) is 6.42 Å². The molecule has 0 aliphatic rings. The maximum Gasteiger partial charge on any atom is 0.102 e. The Morgan fingerprint density at radius 1 is 1.20 bits per heavy atom. The van der Waals surface area contributed by atoms with Crippen molar-refractivity contribution in [3.8, 4) is 0 Å². The van der Waals surface area contributed by atoms with E-state index < -0.39 is 8.80 Å². The molecule has 1 atom stereocenters. The van der Waals surface area contributed by atoms with Crippen LogP contribution in [0.15, 0.2) is 0 Å². The summed E-state index contributed by atoms with van der Waals surface area (Å²) < 4.78 is 1.15. The van der Waals surface area contributed by atoms with Gasteiger partial charge in [-0.25, -0.2) is 0 Å². The second-order valence-corrected chi connectivity index (χ2v) is 7.59. The maximum absolute atomic E-state index is 2.44. The van der Waals surface area contributed by atoms with Gasteiger partial charge in [-0.05, 0) is 6.42 Å². The standard InChI is InChI=1S/C8H22NSi/c1-7-8(10(5)6)9(2,3)4/h8,10H,7H2,1-6H3/q+1. The van der Waals surface area contributed by atoms with Crippen LogP contribution < -0.4 is 0 Å². The molecule has 2 heteroatoms. The Labute approximate surface area is 67.2 Å². The van der Waals surface area contributed by atoms with E-state index in [1.54, 1.807) is 0 Å². The molecule has 0 aromatic heterocycles. The van der Waals surface area contributed by atoms with Crippen LogP contribution in [0.5, 0.6) is 0 Å². The lowest BCUT2D eigenvalue weighted by molar-refractivity contribution is -0.883. The maximum atomic E-state index is 2.44. The highest BCUT2D eigenvalue weighted by Crippen LogP contribution is 2.10. The summed E-state index contributed by atoms with van der Waals surface area (Å²) in [4.78, 5) is 0. The van der Waals surface area contributed by atoms with E-state index in [0.717, 1.165) is 10.1 Å².